The van der Waals surface area contributed by atoms with Crippen molar-refractivity contribution < 1.29 is 8.42 Å². The molecule has 2 rings (SSSR count). The van der Waals surface area contributed by atoms with E-state index in [1.165, 1.54) is 0 Å². The summed E-state index contributed by atoms with van der Waals surface area (Å²) in [5.74, 6) is 0.306. The molecule has 2 atom stereocenters. The van der Waals surface area contributed by atoms with Crippen molar-refractivity contribution in [2.75, 3.05) is 13.1 Å². The molecule has 0 bridgehead atoms. The SMILES string of the molecule is Cc1cc(S(=O)(=O)N2CCCC(C)C2CN)ccc1Br.Cl. The van der Waals surface area contributed by atoms with Crippen LogP contribution in [0.15, 0.2) is 27.6 Å². The molecule has 1 aliphatic heterocycles. The lowest BCUT2D eigenvalue weighted by molar-refractivity contribution is 0.192. The summed E-state index contributed by atoms with van der Waals surface area (Å²) in [4.78, 5) is 0.353. The van der Waals surface area contributed by atoms with E-state index in [0.717, 1.165) is 22.9 Å². The third-order valence-electron chi connectivity index (χ3n) is 4.04. The van der Waals surface area contributed by atoms with Crippen LogP contribution in [-0.2, 0) is 10.0 Å². The van der Waals surface area contributed by atoms with Crippen LogP contribution < -0.4 is 5.73 Å². The van der Waals surface area contributed by atoms with Gasteiger partial charge in [0.15, 0.2) is 0 Å². The van der Waals surface area contributed by atoms with Crippen molar-refractivity contribution >= 4 is 38.4 Å². The highest BCUT2D eigenvalue weighted by molar-refractivity contribution is 9.10. The largest absolute Gasteiger partial charge is 0.329 e. The van der Waals surface area contributed by atoms with Gasteiger partial charge in [0.2, 0.25) is 10.0 Å². The lowest BCUT2D eigenvalue weighted by Gasteiger charge is -2.38. The summed E-state index contributed by atoms with van der Waals surface area (Å²) in [5.41, 5.74) is 6.72. The molecule has 0 saturated carbocycles. The molecular formula is C14H22BrClN2O2S. The third-order valence-corrected chi connectivity index (χ3v) is 6.85. The minimum absolute atomic E-state index is 0. The van der Waals surface area contributed by atoms with E-state index in [0.29, 0.717) is 23.9 Å². The van der Waals surface area contributed by atoms with Gasteiger partial charge in [0.05, 0.1) is 4.90 Å². The van der Waals surface area contributed by atoms with E-state index in [2.05, 4.69) is 22.9 Å². The normalized spacial score (nSPS) is 23.6. The van der Waals surface area contributed by atoms with Gasteiger partial charge in [0, 0.05) is 23.6 Å². The van der Waals surface area contributed by atoms with E-state index in [9.17, 15) is 8.42 Å². The van der Waals surface area contributed by atoms with Crippen LogP contribution in [0.3, 0.4) is 0 Å². The predicted octanol–water partition coefficient (Wildman–Crippen LogP) is 2.93. The highest BCUT2D eigenvalue weighted by Gasteiger charge is 2.36. The lowest BCUT2D eigenvalue weighted by Crippen LogP contribution is -2.51. The van der Waals surface area contributed by atoms with Gasteiger partial charge in [-0.3, -0.25) is 0 Å². The molecule has 0 amide bonds. The van der Waals surface area contributed by atoms with E-state index < -0.39 is 10.0 Å². The van der Waals surface area contributed by atoms with Gasteiger partial charge in [-0.05, 0) is 49.4 Å². The molecule has 120 valence electrons. The highest BCUT2D eigenvalue weighted by atomic mass is 79.9. The van der Waals surface area contributed by atoms with Crippen molar-refractivity contribution in [1.82, 2.24) is 4.31 Å². The zero-order chi connectivity index (χ0) is 14.9. The van der Waals surface area contributed by atoms with Crippen molar-refractivity contribution in [3.05, 3.63) is 28.2 Å². The van der Waals surface area contributed by atoms with Gasteiger partial charge >= 0.3 is 0 Å². The molecule has 1 heterocycles. The van der Waals surface area contributed by atoms with Gasteiger partial charge in [-0.15, -0.1) is 12.4 Å². The van der Waals surface area contributed by atoms with Crippen molar-refractivity contribution in [3.8, 4) is 0 Å². The number of halogens is 2. The number of aryl methyl sites for hydroxylation is 1. The summed E-state index contributed by atoms with van der Waals surface area (Å²) in [7, 11) is -3.46. The van der Waals surface area contributed by atoms with E-state index in [1.807, 2.05) is 6.92 Å². The Balaban J connectivity index is 0.00000220. The molecule has 1 aromatic rings. The molecule has 0 aliphatic carbocycles. The summed E-state index contributed by atoms with van der Waals surface area (Å²) in [6.07, 6.45) is 1.93. The Labute approximate surface area is 141 Å². The average Bonchev–Trinajstić information content (AvgIpc) is 2.41. The monoisotopic (exact) mass is 396 g/mol. The molecule has 4 nitrogen and oxygen atoms in total. The lowest BCUT2D eigenvalue weighted by atomic mass is 9.93. The van der Waals surface area contributed by atoms with Gasteiger partial charge < -0.3 is 5.73 Å². The molecular weight excluding hydrogens is 376 g/mol. The van der Waals surface area contributed by atoms with Crippen LogP contribution in [0.5, 0.6) is 0 Å². The Morgan fingerprint density at radius 1 is 1.43 bits per heavy atom. The van der Waals surface area contributed by atoms with Gasteiger partial charge in [0.25, 0.3) is 0 Å². The van der Waals surface area contributed by atoms with Crippen LogP contribution in [0.1, 0.15) is 25.3 Å². The van der Waals surface area contributed by atoms with E-state index >= 15 is 0 Å². The Kier molecular flexibility index (Phi) is 6.68. The quantitative estimate of drug-likeness (QED) is 0.853. The second kappa shape index (κ2) is 7.42. The number of piperidine rings is 1. The summed E-state index contributed by atoms with van der Waals surface area (Å²) in [6, 6.07) is 5.05. The van der Waals surface area contributed by atoms with Crippen LogP contribution in [0.2, 0.25) is 0 Å². The van der Waals surface area contributed by atoms with Gasteiger partial charge in [-0.25, -0.2) is 8.42 Å². The second-order valence-electron chi connectivity index (χ2n) is 5.45. The van der Waals surface area contributed by atoms with E-state index in [1.54, 1.807) is 22.5 Å². The van der Waals surface area contributed by atoms with Crippen LogP contribution in [0, 0.1) is 12.8 Å². The second-order valence-corrected chi connectivity index (χ2v) is 8.19. The number of nitrogens with two attached hydrogens (primary N) is 1. The first kappa shape index (κ1) is 18.9. The zero-order valence-corrected chi connectivity index (χ0v) is 15.5. The molecule has 0 spiro atoms. The molecule has 0 aromatic heterocycles. The number of nitrogens with zero attached hydrogens (tertiary/aromatic N) is 1. The number of sulfonamides is 1. The van der Waals surface area contributed by atoms with Crippen LogP contribution in [-0.4, -0.2) is 31.9 Å². The van der Waals surface area contributed by atoms with Crippen molar-refractivity contribution in [2.24, 2.45) is 11.7 Å². The highest BCUT2D eigenvalue weighted by Crippen LogP contribution is 2.30. The zero-order valence-electron chi connectivity index (χ0n) is 12.3. The van der Waals surface area contributed by atoms with Crippen molar-refractivity contribution in [2.45, 2.75) is 37.6 Å². The maximum atomic E-state index is 12.8. The Hall–Kier alpha value is -0.140. The third kappa shape index (κ3) is 3.79. The summed E-state index contributed by atoms with van der Waals surface area (Å²) < 4.78 is 28.1. The molecule has 21 heavy (non-hydrogen) atoms. The topological polar surface area (TPSA) is 63.4 Å². The Bertz CT molecular complexity index is 595. The summed E-state index contributed by atoms with van der Waals surface area (Å²) >= 11 is 3.40. The van der Waals surface area contributed by atoms with Gasteiger partial charge in [-0.2, -0.15) is 4.31 Å². The first-order valence-electron chi connectivity index (χ1n) is 6.86. The molecule has 7 heteroatoms. The summed E-state index contributed by atoms with van der Waals surface area (Å²) in [5, 5.41) is 0. The predicted molar refractivity (Wildman–Crippen MR) is 91.3 cm³/mol. The van der Waals surface area contributed by atoms with E-state index in [-0.39, 0.29) is 18.4 Å². The standard InChI is InChI=1S/C14H21BrN2O2S.ClH/c1-10-4-3-7-17(14(10)9-16)20(18,19)12-5-6-13(15)11(2)8-12;/h5-6,8,10,14H,3-4,7,9,16H2,1-2H3;1H. The molecule has 0 radical (unpaired) electrons. The minimum atomic E-state index is -3.46. The van der Waals surface area contributed by atoms with Crippen LogP contribution in [0.4, 0.5) is 0 Å². The fourth-order valence-electron chi connectivity index (χ4n) is 2.77. The van der Waals surface area contributed by atoms with Gasteiger partial charge in [-0.1, -0.05) is 22.9 Å². The molecule has 1 saturated heterocycles. The average molecular weight is 398 g/mol. The maximum absolute atomic E-state index is 12.8. The molecule has 1 aromatic carbocycles. The molecule has 2 N–H and O–H groups in total. The van der Waals surface area contributed by atoms with Crippen molar-refractivity contribution in [3.63, 3.8) is 0 Å². The molecule has 1 aliphatic rings. The number of rotatable bonds is 3. The number of hydrogen-bond acceptors (Lipinski definition) is 3. The number of hydrogen-bond donors (Lipinski definition) is 1. The maximum Gasteiger partial charge on any atom is 0.243 e. The van der Waals surface area contributed by atoms with Crippen LogP contribution in [0.25, 0.3) is 0 Å². The van der Waals surface area contributed by atoms with Gasteiger partial charge in [0.1, 0.15) is 0 Å². The Morgan fingerprint density at radius 2 is 2.10 bits per heavy atom. The van der Waals surface area contributed by atoms with Crippen LogP contribution >= 0.6 is 28.3 Å². The fourth-order valence-corrected chi connectivity index (χ4v) is 4.88. The Morgan fingerprint density at radius 3 is 2.67 bits per heavy atom. The number of benzene rings is 1. The molecule has 1 fully saturated rings. The first-order valence-corrected chi connectivity index (χ1v) is 9.09. The minimum Gasteiger partial charge on any atom is -0.329 e. The van der Waals surface area contributed by atoms with E-state index in [4.69, 9.17) is 5.73 Å². The molecule has 2 unspecified atom stereocenters. The fraction of sp³-hybridized carbons (Fsp3) is 0.571. The smallest absolute Gasteiger partial charge is 0.243 e. The summed E-state index contributed by atoms with van der Waals surface area (Å²) in [6.45, 7) is 4.90. The van der Waals surface area contributed by atoms with Crippen molar-refractivity contribution in [1.29, 1.82) is 0 Å². The first-order chi connectivity index (χ1) is 9.37.